The molecule has 26 heavy (non-hydrogen) atoms. The Kier molecular flexibility index (Phi) is 6.26. The molecule has 7 heteroatoms. The Labute approximate surface area is 155 Å². The highest BCUT2D eigenvalue weighted by Crippen LogP contribution is 2.25. The quantitative estimate of drug-likeness (QED) is 0.745. The SMILES string of the molecule is CCOc1ccc(N([C@H](C)C(=O)N(C)c2ccccc2)S(C)(=O)=O)cc1. The molecule has 1 atom stereocenters. The minimum absolute atomic E-state index is 0.324. The van der Waals surface area contributed by atoms with E-state index in [-0.39, 0.29) is 5.91 Å². The first-order chi connectivity index (χ1) is 12.3. The van der Waals surface area contributed by atoms with Crippen LogP contribution in [0.2, 0.25) is 0 Å². The van der Waals surface area contributed by atoms with Crippen LogP contribution in [0.5, 0.6) is 5.75 Å². The molecule has 0 aliphatic heterocycles. The van der Waals surface area contributed by atoms with Crippen LogP contribution in [0.25, 0.3) is 0 Å². The summed E-state index contributed by atoms with van der Waals surface area (Å²) in [4.78, 5) is 14.3. The highest BCUT2D eigenvalue weighted by molar-refractivity contribution is 7.92. The number of rotatable bonds is 7. The molecular formula is C19H24N2O4S. The average molecular weight is 376 g/mol. The smallest absolute Gasteiger partial charge is 0.250 e. The number of carbonyl (C=O) groups is 1. The lowest BCUT2D eigenvalue weighted by Gasteiger charge is -2.31. The summed E-state index contributed by atoms with van der Waals surface area (Å²) in [6.45, 7) is 3.97. The van der Waals surface area contributed by atoms with Gasteiger partial charge < -0.3 is 9.64 Å². The summed E-state index contributed by atoms with van der Waals surface area (Å²) in [5.74, 6) is 0.320. The monoisotopic (exact) mass is 376 g/mol. The molecule has 0 saturated carbocycles. The van der Waals surface area contributed by atoms with Crippen molar-refractivity contribution >= 4 is 27.3 Å². The molecule has 0 fully saturated rings. The molecule has 0 aliphatic rings. The van der Waals surface area contributed by atoms with Gasteiger partial charge in [0.25, 0.3) is 0 Å². The van der Waals surface area contributed by atoms with Crippen molar-refractivity contribution in [1.82, 2.24) is 0 Å². The number of hydrogen-bond donors (Lipinski definition) is 0. The number of nitrogens with zero attached hydrogens (tertiary/aromatic N) is 2. The van der Waals surface area contributed by atoms with Crippen molar-refractivity contribution in [2.24, 2.45) is 0 Å². The Bertz CT molecular complexity index is 836. The van der Waals surface area contributed by atoms with E-state index >= 15 is 0 Å². The second-order valence-electron chi connectivity index (χ2n) is 5.89. The van der Waals surface area contributed by atoms with Crippen LogP contribution in [-0.2, 0) is 14.8 Å². The summed E-state index contributed by atoms with van der Waals surface area (Å²) < 4.78 is 31.3. The van der Waals surface area contributed by atoms with Gasteiger partial charge in [-0.2, -0.15) is 0 Å². The summed E-state index contributed by atoms with van der Waals surface area (Å²) in [5, 5.41) is 0. The molecule has 2 rings (SSSR count). The first kappa shape index (κ1) is 19.8. The van der Waals surface area contributed by atoms with Gasteiger partial charge in [0.2, 0.25) is 15.9 Å². The Morgan fingerprint density at radius 1 is 1.04 bits per heavy atom. The Morgan fingerprint density at radius 3 is 2.12 bits per heavy atom. The molecule has 0 heterocycles. The average Bonchev–Trinajstić information content (AvgIpc) is 2.62. The van der Waals surface area contributed by atoms with E-state index in [1.54, 1.807) is 50.4 Å². The van der Waals surface area contributed by atoms with Crippen molar-refractivity contribution in [1.29, 1.82) is 0 Å². The Balaban J connectivity index is 2.33. The van der Waals surface area contributed by atoms with Crippen molar-refractivity contribution in [3.8, 4) is 5.75 Å². The molecule has 0 aliphatic carbocycles. The van der Waals surface area contributed by atoms with Crippen LogP contribution in [0.3, 0.4) is 0 Å². The molecule has 0 radical (unpaired) electrons. The standard InChI is InChI=1S/C19H24N2O4S/c1-5-25-18-13-11-17(12-14-18)21(26(4,23)24)15(2)19(22)20(3)16-9-7-6-8-10-16/h6-15H,5H2,1-4H3/t15-/m1/s1. The number of anilines is 2. The van der Waals surface area contributed by atoms with E-state index in [2.05, 4.69) is 0 Å². The summed E-state index contributed by atoms with van der Waals surface area (Å²) >= 11 is 0. The first-order valence-corrected chi connectivity index (χ1v) is 10.2. The highest BCUT2D eigenvalue weighted by atomic mass is 32.2. The lowest BCUT2D eigenvalue weighted by molar-refractivity contribution is -0.119. The van der Waals surface area contributed by atoms with Gasteiger partial charge in [-0.15, -0.1) is 0 Å². The maximum atomic E-state index is 12.9. The normalized spacial score (nSPS) is 12.3. The van der Waals surface area contributed by atoms with E-state index in [0.717, 1.165) is 10.6 Å². The van der Waals surface area contributed by atoms with Gasteiger partial charge >= 0.3 is 0 Å². The maximum Gasteiger partial charge on any atom is 0.250 e. The second-order valence-corrected chi connectivity index (χ2v) is 7.75. The van der Waals surface area contributed by atoms with Crippen LogP contribution in [-0.4, -0.2) is 40.3 Å². The Hall–Kier alpha value is -2.54. The van der Waals surface area contributed by atoms with Crippen molar-refractivity contribution < 1.29 is 17.9 Å². The number of carbonyl (C=O) groups excluding carboxylic acids is 1. The third-order valence-corrected chi connectivity index (χ3v) is 5.18. The molecule has 0 N–H and O–H groups in total. The van der Waals surface area contributed by atoms with Crippen molar-refractivity contribution in [2.45, 2.75) is 19.9 Å². The number of para-hydroxylation sites is 1. The van der Waals surface area contributed by atoms with E-state index in [1.165, 1.54) is 4.90 Å². The lowest BCUT2D eigenvalue weighted by atomic mass is 10.2. The molecule has 0 unspecified atom stereocenters. The maximum absolute atomic E-state index is 12.9. The van der Waals surface area contributed by atoms with Crippen molar-refractivity contribution in [2.75, 3.05) is 29.1 Å². The predicted molar refractivity (Wildman–Crippen MR) is 104 cm³/mol. The largest absolute Gasteiger partial charge is 0.494 e. The van der Waals surface area contributed by atoms with E-state index in [0.29, 0.717) is 23.7 Å². The summed E-state index contributed by atoms with van der Waals surface area (Å²) in [6, 6.07) is 14.9. The summed E-state index contributed by atoms with van der Waals surface area (Å²) in [7, 11) is -2.03. The number of amides is 1. The van der Waals surface area contributed by atoms with E-state index in [1.807, 2.05) is 25.1 Å². The first-order valence-electron chi connectivity index (χ1n) is 8.30. The number of ether oxygens (including phenoxy) is 1. The van der Waals surface area contributed by atoms with Gasteiger partial charge in [0, 0.05) is 12.7 Å². The van der Waals surface area contributed by atoms with Gasteiger partial charge in [-0.3, -0.25) is 9.10 Å². The van der Waals surface area contributed by atoms with Crippen LogP contribution in [0, 0.1) is 0 Å². The molecule has 0 aromatic heterocycles. The van der Waals surface area contributed by atoms with Gasteiger partial charge in [0.1, 0.15) is 11.8 Å². The second kappa shape index (κ2) is 8.23. The zero-order valence-corrected chi connectivity index (χ0v) is 16.2. The van der Waals surface area contributed by atoms with Gasteiger partial charge in [-0.05, 0) is 50.2 Å². The fourth-order valence-corrected chi connectivity index (χ4v) is 3.89. The minimum atomic E-state index is -3.66. The number of benzene rings is 2. The molecule has 140 valence electrons. The van der Waals surface area contributed by atoms with E-state index in [4.69, 9.17) is 4.74 Å². The molecule has 0 saturated heterocycles. The zero-order valence-electron chi connectivity index (χ0n) is 15.4. The van der Waals surface area contributed by atoms with E-state index in [9.17, 15) is 13.2 Å². The van der Waals surface area contributed by atoms with Gasteiger partial charge in [0.05, 0.1) is 18.6 Å². The molecular weight excluding hydrogens is 352 g/mol. The van der Waals surface area contributed by atoms with Crippen LogP contribution in [0.1, 0.15) is 13.8 Å². The number of sulfonamides is 1. The van der Waals surface area contributed by atoms with E-state index < -0.39 is 16.1 Å². The molecule has 0 bridgehead atoms. The molecule has 6 nitrogen and oxygen atoms in total. The lowest BCUT2D eigenvalue weighted by Crippen LogP contribution is -2.48. The van der Waals surface area contributed by atoms with Crippen LogP contribution >= 0.6 is 0 Å². The Morgan fingerprint density at radius 2 is 1.62 bits per heavy atom. The van der Waals surface area contributed by atoms with Crippen LogP contribution in [0.15, 0.2) is 54.6 Å². The molecule has 0 spiro atoms. The minimum Gasteiger partial charge on any atom is -0.494 e. The fraction of sp³-hybridized carbons (Fsp3) is 0.316. The van der Waals surface area contributed by atoms with Gasteiger partial charge in [-0.1, -0.05) is 18.2 Å². The molecule has 1 amide bonds. The molecule has 2 aromatic carbocycles. The van der Waals surface area contributed by atoms with Crippen LogP contribution < -0.4 is 13.9 Å². The number of hydrogen-bond acceptors (Lipinski definition) is 4. The van der Waals surface area contributed by atoms with Gasteiger partial charge in [-0.25, -0.2) is 8.42 Å². The summed E-state index contributed by atoms with van der Waals surface area (Å²) in [5.41, 5.74) is 1.11. The summed E-state index contributed by atoms with van der Waals surface area (Å²) in [6.07, 6.45) is 1.09. The fourth-order valence-electron chi connectivity index (χ4n) is 2.72. The topological polar surface area (TPSA) is 66.9 Å². The van der Waals surface area contributed by atoms with Crippen molar-refractivity contribution in [3.05, 3.63) is 54.6 Å². The predicted octanol–water partition coefficient (Wildman–Crippen LogP) is 2.90. The van der Waals surface area contributed by atoms with Crippen molar-refractivity contribution in [3.63, 3.8) is 0 Å². The zero-order chi connectivity index (χ0) is 19.3. The number of likely N-dealkylation sites (N-methyl/N-ethyl adjacent to an activating group) is 1. The highest BCUT2D eigenvalue weighted by Gasteiger charge is 2.31. The third-order valence-electron chi connectivity index (χ3n) is 3.94. The van der Waals surface area contributed by atoms with Crippen LogP contribution in [0.4, 0.5) is 11.4 Å². The molecule has 2 aromatic rings. The van der Waals surface area contributed by atoms with Gasteiger partial charge in [0.15, 0.2) is 0 Å². The third kappa shape index (κ3) is 4.54.